The van der Waals surface area contributed by atoms with Crippen LogP contribution in [0.5, 0.6) is 0 Å². The van der Waals surface area contributed by atoms with Crippen LogP contribution in [0.2, 0.25) is 0 Å². The molecule has 2 rings (SSSR count). The Hall–Kier alpha value is -1.00. The van der Waals surface area contributed by atoms with Crippen molar-refractivity contribution in [2.75, 3.05) is 12.3 Å². The molecule has 1 aliphatic carbocycles. The highest BCUT2D eigenvalue weighted by Gasteiger charge is 2.49. The number of thioether (sulfide) groups is 1. The molecule has 1 saturated carbocycles. The lowest BCUT2D eigenvalue weighted by Crippen LogP contribution is -2.29. The highest BCUT2D eigenvalue weighted by atomic mass is 32.2. The standard InChI is InChI=1S/C14H19NO2S/c1-2-18-12-5-3-11(4-6-12)9-15-10-14(7-8-14)13(16)17/h3-6,15H,2,7-10H2,1H3,(H,16,17). The Bertz CT molecular complexity index is 412. The van der Waals surface area contributed by atoms with Crippen LogP contribution in [-0.4, -0.2) is 23.4 Å². The molecular formula is C14H19NO2S. The number of aliphatic carboxylic acids is 1. The van der Waals surface area contributed by atoms with Crippen molar-refractivity contribution in [2.24, 2.45) is 5.41 Å². The first-order chi connectivity index (χ1) is 8.66. The third kappa shape index (κ3) is 3.27. The Morgan fingerprint density at radius 1 is 1.39 bits per heavy atom. The maximum absolute atomic E-state index is 11.0. The molecule has 4 heteroatoms. The number of hydrogen-bond acceptors (Lipinski definition) is 3. The van der Waals surface area contributed by atoms with Gasteiger partial charge in [0.25, 0.3) is 0 Å². The van der Waals surface area contributed by atoms with Crippen LogP contribution >= 0.6 is 11.8 Å². The lowest BCUT2D eigenvalue weighted by molar-refractivity contribution is -0.143. The second kappa shape index (κ2) is 5.76. The zero-order chi connectivity index (χ0) is 13.0. The number of hydrogen-bond donors (Lipinski definition) is 2. The van der Waals surface area contributed by atoms with Crippen molar-refractivity contribution in [3.63, 3.8) is 0 Å². The summed E-state index contributed by atoms with van der Waals surface area (Å²) in [6.07, 6.45) is 1.61. The molecule has 0 atom stereocenters. The summed E-state index contributed by atoms with van der Waals surface area (Å²) in [5.41, 5.74) is 0.731. The molecule has 1 fully saturated rings. The number of rotatable bonds is 7. The third-order valence-electron chi connectivity index (χ3n) is 3.33. The van der Waals surface area contributed by atoms with Crippen molar-refractivity contribution in [3.8, 4) is 0 Å². The van der Waals surface area contributed by atoms with E-state index in [2.05, 4.69) is 36.5 Å². The average Bonchev–Trinajstić information content (AvgIpc) is 3.13. The largest absolute Gasteiger partial charge is 0.481 e. The Morgan fingerprint density at radius 2 is 2.06 bits per heavy atom. The van der Waals surface area contributed by atoms with Gasteiger partial charge in [0.05, 0.1) is 5.41 Å². The Morgan fingerprint density at radius 3 is 2.56 bits per heavy atom. The topological polar surface area (TPSA) is 49.3 Å². The lowest BCUT2D eigenvalue weighted by atomic mass is 10.1. The summed E-state index contributed by atoms with van der Waals surface area (Å²) in [7, 11) is 0. The van der Waals surface area contributed by atoms with Gasteiger partial charge in [0.2, 0.25) is 0 Å². The summed E-state index contributed by atoms with van der Waals surface area (Å²) in [6, 6.07) is 8.45. The minimum atomic E-state index is -0.662. The molecule has 0 heterocycles. The predicted molar refractivity (Wildman–Crippen MR) is 73.8 cm³/mol. The Kier molecular flexibility index (Phi) is 4.30. The molecule has 0 aromatic heterocycles. The van der Waals surface area contributed by atoms with Crippen molar-refractivity contribution in [2.45, 2.75) is 31.2 Å². The molecule has 0 spiro atoms. The van der Waals surface area contributed by atoms with Gasteiger partial charge in [-0.05, 0) is 36.3 Å². The van der Waals surface area contributed by atoms with Crippen molar-refractivity contribution >= 4 is 17.7 Å². The molecular weight excluding hydrogens is 246 g/mol. The molecule has 0 unspecified atom stereocenters. The van der Waals surface area contributed by atoms with Gasteiger partial charge in [0.1, 0.15) is 0 Å². The second-order valence-corrected chi connectivity index (χ2v) is 6.10. The molecule has 3 nitrogen and oxygen atoms in total. The molecule has 1 aromatic rings. The molecule has 1 aromatic carbocycles. The quantitative estimate of drug-likeness (QED) is 0.744. The van der Waals surface area contributed by atoms with E-state index in [9.17, 15) is 4.79 Å². The number of carboxylic acid groups (broad SMARTS) is 1. The maximum Gasteiger partial charge on any atom is 0.310 e. The van der Waals surface area contributed by atoms with Gasteiger partial charge in [-0.25, -0.2) is 0 Å². The summed E-state index contributed by atoms with van der Waals surface area (Å²) in [5, 5.41) is 12.3. The van der Waals surface area contributed by atoms with Gasteiger partial charge < -0.3 is 10.4 Å². The van der Waals surface area contributed by atoms with Gasteiger partial charge >= 0.3 is 5.97 Å². The summed E-state index contributed by atoms with van der Waals surface area (Å²) in [4.78, 5) is 12.3. The van der Waals surface area contributed by atoms with E-state index in [1.54, 1.807) is 0 Å². The van der Waals surface area contributed by atoms with Gasteiger partial charge in [-0.15, -0.1) is 11.8 Å². The minimum absolute atomic E-state index is 0.474. The number of benzene rings is 1. The third-order valence-corrected chi connectivity index (χ3v) is 4.23. The normalized spacial score (nSPS) is 16.5. The molecule has 0 aliphatic heterocycles. The molecule has 18 heavy (non-hydrogen) atoms. The highest BCUT2D eigenvalue weighted by Crippen LogP contribution is 2.45. The minimum Gasteiger partial charge on any atom is -0.481 e. The van der Waals surface area contributed by atoms with Gasteiger partial charge in [0.15, 0.2) is 0 Å². The van der Waals surface area contributed by atoms with Crippen LogP contribution in [0.15, 0.2) is 29.2 Å². The van der Waals surface area contributed by atoms with E-state index in [1.165, 1.54) is 10.5 Å². The summed E-state index contributed by atoms with van der Waals surface area (Å²) in [6.45, 7) is 3.46. The van der Waals surface area contributed by atoms with E-state index < -0.39 is 11.4 Å². The first-order valence-corrected chi connectivity index (χ1v) is 7.31. The van der Waals surface area contributed by atoms with Crippen LogP contribution in [0, 0.1) is 5.41 Å². The van der Waals surface area contributed by atoms with Crippen molar-refractivity contribution < 1.29 is 9.90 Å². The fraction of sp³-hybridized carbons (Fsp3) is 0.500. The van der Waals surface area contributed by atoms with Crippen LogP contribution in [-0.2, 0) is 11.3 Å². The van der Waals surface area contributed by atoms with Crippen molar-refractivity contribution in [1.29, 1.82) is 0 Å². The van der Waals surface area contributed by atoms with Crippen LogP contribution in [0.1, 0.15) is 25.3 Å². The van der Waals surface area contributed by atoms with Crippen molar-refractivity contribution in [3.05, 3.63) is 29.8 Å². The average molecular weight is 265 g/mol. The van der Waals surface area contributed by atoms with E-state index in [-0.39, 0.29) is 0 Å². The van der Waals surface area contributed by atoms with Gasteiger partial charge in [-0.1, -0.05) is 19.1 Å². The monoisotopic (exact) mass is 265 g/mol. The Labute approximate surface area is 112 Å². The number of nitrogens with one attached hydrogen (secondary N) is 1. The van der Waals surface area contributed by atoms with Gasteiger partial charge in [-0.3, -0.25) is 4.79 Å². The van der Waals surface area contributed by atoms with E-state index >= 15 is 0 Å². The van der Waals surface area contributed by atoms with Crippen LogP contribution in [0.3, 0.4) is 0 Å². The first-order valence-electron chi connectivity index (χ1n) is 6.32. The van der Waals surface area contributed by atoms with Gasteiger partial charge in [0, 0.05) is 18.0 Å². The molecule has 1 aliphatic rings. The fourth-order valence-electron chi connectivity index (χ4n) is 1.93. The Balaban J connectivity index is 1.78. The zero-order valence-corrected chi connectivity index (χ0v) is 11.4. The van der Waals surface area contributed by atoms with E-state index in [0.717, 1.165) is 25.1 Å². The van der Waals surface area contributed by atoms with Crippen LogP contribution in [0.25, 0.3) is 0 Å². The van der Waals surface area contributed by atoms with E-state index in [4.69, 9.17) is 5.11 Å². The lowest BCUT2D eigenvalue weighted by Gasteiger charge is -2.11. The molecule has 0 saturated heterocycles. The van der Waals surface area contributed by atoms with Crippen molar-refractivity contribution in [1.82, 2.24) is 5.32 Å². The number of carboxylic acids is 1. The summed E-state index contributed by atoms with van der Waals surface area (Å²) in [5.74, 6) is 0.420. The highest BCUT2D eigenvalue weighted by molar-refractivity contribution is 7.99. The van der Waals surface area contributed by atoms with Crippen LogP contribution < -0.4 is 5.32 Å². The molecule has 2 N–H and O–H groups in total. The molecule has 0 bridgehead atoms. The van der Waals surface area contributed by atoms with Gasteiger partial charge in [-0.2, -0.15) is 0 Å². The van der Waals surface area contributed by atoms with Crippen LogP contribution in [0.4, 0.5) is 0 Å². The molecule has 0 radical (unpaired) electrons. The zero-order valence-electron chi connectivity index (χ0n) is 10.6. The second-order valence-electron chi connectivity index (χ2n) is 4.77. The molecule has 0 amide bonds. The van der Waals surface area contributed by atoms with E-state index in [1.807, 2.05) is 11.8 Å². The smallest absolute Gasteiger partial charge is 0.310 e. The maximum atomic E-state index is 11.0. The van der Waals surface area contributed by atoms with E-state index in [0.29, 0.717) is 6.54 Å². The number of carbonyl (C=O) groups is 1. The molecule has 98 valence electrons. The first kappa shape index (κ1) is 13.4. The fourth-order valence-corrected chi connectivity index (χ4v) is 2.60. The summed E-state index contributed by atoms with van der Waals surface area (Å²) >= 11 is 1.83. The SMILES string of the molecule is CCSc1ccc(CNCC2(C(=O)O)CC2)cc1. The predicted octanol–water partition coefficient (Wildman–Crippen LogP) is 2.75. The summed E-state index contributed by atoms with van der Waals surface area (Å²) < 4.78 is 0.